The quantitative estimate of drug-likeness (QED) is 0.886. The smallest absolute Gasteiger partial charge is 0.165 e. The van der Waals surface area contributed by atoms with Gasteiger partial charge in [-0.3, -0.25) is 0 Å². The topological polar surface area (TPSA) is 34.1 Å². The van der Waals surface area contributed by atoms with Gasteiger partial charge in [0.2, 0.25) is 0 Å². The van der Waals surface area contributed by atoms with Crippen molar-refractivity contribution in [2.24, 2.45) is 0 Å². The average molecular weight is 292 g/mol. The van der Waals surface area contributed by atoms with Crippen molar-refractivity contribution in [1.82, 2.24) is 10.3 Å². The van der Waals surface area contributed by atoms with Crippen LogP contribution in [0, 0.1) is 12.7 Å². The average Bonchev–Trinajstić information content (AvgIpc) is 3.17. The highest BCUT2D eigenvalue weighted by atomic mass is 32.1. The molecule has 1 aromatic carbocycles. The van der Waals surface area contributed by atoms with Crippen molar-refractivity contribution in [2.45, 2.75) is 39.0 Å². The molecule has 2 aromatic rings. The first-order valence-electron chi connectivity index (χ1n) is 6.77. The summed E-state index contributed by atoms with van der Waals surface area (Å²) < 4.78 is 19.6. The Kier molecular flexibility index (Phi) is 3.98. The zero-order valence-corrected chi connectivity index (χ0v) is 12.2. The molecule has 0 unspecified atom stereocenters. The van der Waals surface area contributed by atoms with E-state index in [0.29, 0.717) is 24.9 Å². The second-order valence-corrected chi connectivity index (χ2v) is 6.00. The number of benzene rings is 1. The van der Waals surface area contributed by atoms with Crippen LogP contribution in [-0.2, 0) is 13.2 Å². The Hall–Kier alpha value is -1.46. The van der Waals surface area contributed by atoms with Crippen LogP contribution in [0.1, 0.15) is 29.1 Å². The maximum Gasteiger partial charge on any atom is 0.165 e. The number of para-hydroxylation sites is 1. The normalized spacial score (nSPS) is 14.5. The van der Waals surface area contributed by atoms with Crippen molar-refractivity contribution >= 4 is 11.3 Å². The second kappa shape index (κ2) is 5.89. The summed E-state index contributed by atoms with van der Waals surface area (Å²) in [5, 5.41) is 6.22. The number of thiazole rings is 1. The lowest BCUT2D eigenvalue weighted by Gasteiger charge is -2.12. The highest BCUT2D eigenvalue weighted by molar-refractivity contribution is 7.09. The molecule has 5 heteroatoms. The third-order valence-electron chi connectivity index (χ3n) is 3.21. The van der Waals surface area contributed by atoms with Gasteiger partial charge in [-0.25, -0.2) is 9.37 Å². The summed E-state index contributed by atoms with van der Waals surface area (Å²) in [7, 11) is 0. The first-order chi connectivity index (χ1) is 9.72. The number of hydrogen-bond donors (Lipinski definition) is 1. The molecule has 1 aliphatic carbocycles. The van der Waals surface area contributed by atoms with Gasteiger partial charge in [0.05, 0.1) is 0 Å². The summed E-state index contributed by atoms with van der Waals surface area (Å²) in [6.07, 6.45) is 2.42. The van der Waals surface area contributed by atoms with E-state index in [2.05, 4.69) is 10.3 Å². The van der Waals surface area contributed by atoms with E-state index in [9.17, 15) is 4.39 Å². The van der Waals surface area contributed by atoms with Crippen molar-refractivity contribution in [1.29, 1.82) is 0 Å². The van der Waals surface area contributed by atoms with E-state index in [1.807, 2.05) is 18.4 Å². The van der Waals surface area contributed by atoms with Crippen LogP contribution in [0.4, 0.5) is 4.39 Å². The Morgan fingerprint density at radius 2 is 2.30 bits per heavy atom. The molecule has 1 fully saturated rings. The number of nitrogens with zero attached hydrogens (tertiary/aromatic N) is 1. The van der Waals surface area contributed by atoms with Gasteiger partial charge in [0.25, 0.3) is 0 Å². The van der Waals surface area contributed by atoms with Crippen LogP contribution in [0.15, 0.2) is 23.6 Å². The number of aromatic nitrogens is 1. The first-order valence-corrected chi connectivity index (χ1v) is 7.65. The number of aryl methyl sites for hydroxylation is 1. The fraction of sp³-hybridized carbons (Fsp3) is 0.400. The Balaban J connectivity index is 1.69. The number of halogens is 1. The van der Waals surface area contributed by atoms with Crippen LogP contribution >= 0.6 is 11.3 Å². The molecular weight excluding hydrogens is 275 g/mol. The van der Waals surface area contributed by atoms with E-state index in [1.54, 1.807) is 6.07 Å². The molecule has 1 aromatic heterocycles. The Morgan fingerprint density at radius 3 is 3.00 bits per heavy atom. The molecule has 0 aliphatic heterocycles. The lowest BCUT2D eigenvalue weighted by Crippen LogP contribution is -2.16. The van der Waals surface area contributed by atoms with Crippen molar-refractivity contribution in [3.8, 4) is 5.75 Å². The summed E-state index contributed by atoms with van der Waals surface area (Å²) in [5.74, 6) is 0.0295. The van der Waals surface area contributed by atoms with Crippen molar-refractivity contribution in [3.63, 3.8) is 0 Å². The van der Waals surface area contributed by atoms with Crippen molar-refractivity contribution in [2.75, 3.05) is 0 Å². The molecule has 106 valence electrons. The molecular formula is C15H17FN2OS. The van der Waals surface area contributed by atoms with E-state index < -0.39 is 0 Å². The number of nitrogens with one attached hydrogen (secondary N) is 1. The molecule has 0 amide bonds. The SMILES string of the molecule is Cc1csc(COc2c(F)cccc2CNC2CC2)n1. The fourth-order valence-corrected chi connectivity index (χ4v) is 2.68. The van der Waals surface area contributed by atoms with Crippen LogP contribution in [0.5, 0.6) is 5.75 Å². The van der Waals surface area contributed by atoms with Gasteiger partial charge in [-0.15, -0.1) is 11.3 Å². The second-order valence-electron chi connectivity index (χ2n) is 5.05. The van der Waals surface area contributed by atoms with Gasteiger partial charge in [0.15, 0.2) is 11.6 Å². The molecule has 0 radical (unpaired) electrons. The van der Waals surface area contributed by atoms with Crippen LogP contribution in [0.3, 0.4) is 0 Å². The zero-order valence-electron chi connectivity index (χ0n) is 11.4. The Morgan fingerprint density at radius 1 is 1.45 bits per heavy atom. The van der Waals surface area contributed by atoms with Gasteiger partial charge in [-0.05, 0) is 25.8 Å². The van der Waals surface area contributed by atoms with Gasteiger partial charge in [0.1, 0.15) is 11.6 Å². The van der Waals surface area contributed by atoms with Crippen LogP contribution in [0.2, 0.25) is 0 Å². The maximum atomic E-state index is 13.9. The maximum absolute atomic E-state index is 13.9. The third-order valence-corrected chi connectivity index (χ3v) is 4.15. The minimum Gasteiger partial charge on any atom is -0.483 e. The summed E-state index contributed by atoms with van der Waals surface area (Å²) >= 11 is 1.53. The summed E-state index contributed by atoms with van der Waals surface area (Å²) in [6, 6.07) is 5.65. The molecule has 1 heterocycles. The van der Waals surface area contributed by atoms with Crippen molar-refractivity contribution < 1.29 is 9.13 Å². The van der Waals surface area contributed by atoms with Gasteiger partial charge in [0, 0.05) is 29.2 Å². The van der Waals surface area contributed by atoms with Crippen molar-refractivity contribution in [3.05, 3.63) is 45.7 Å². The molecule has 0 bridgehead atoms. The minimum absolute atomic E-state index is 0.312. The molecule has 0 spiro atoms. The van der Waals surface area contributed by atoms with E-state index in [0.717, 1.165) is 16.3 Å². The summed E-state index contributed by atoms with van der Waals surface area (Å²) in [6.45, 7) is 2.90. The van der Waals surface area contributed by atoms with E-state index >= 15 is 0 Å². The molecule has 20 heavy (non-hydrogen) atoms. The highest BCUT2D eigenvalue weighted by Gasteiger charge is 2.21. The largest absolute Gasteiger partial charge is 0.483 e. The highest BCUT2D eigenvalue weighted by Crippen LogP contribution is 2.26. The van der Waals surface area contributed by atoms with Crippen LogP contribution < -0.4 is 10.1 Å². The standard InChI is InChI=1S/C15H17FN2OS/c1-10-9-20-14(18-10)8-19-15-11(3-2-4-13(15)16)7-17-12-5-6-12/h2-4,9,12,17H,5-8H2,1H3. The molecule has 1 N–H and O–H groups in total. The third kappa shape index (κ3) is 3.35. The lowest BCUT2D eigenvalue weighted by molar-refractivity contribution is 0.285. The van der Waals surface area contributed by atoms with E-state index in [1.165, 1.54) is 30.2 Å². The monoisotopic (exact) mass is 292 g/mol. The van der Waals surface area contributed by atoms with E-state index in [4.69, 9.17) is 4.74 Å². The summed E-state index contributed by atoms with van der Waals surface area (Å²) in [4.78, 5) is 4.32. The van der Waals surface area contributed by atoms with Crippen LogP contribution in [0.25, 0.3) is 0 Å². The number of ether oxygens (including phenoxy) is 1. The number of rotatable bonds is 6. The number of hydrogen-bond acceptors (Lipinski definition) is 4. The zero-order chi connectivity index (χ0) is 13.9. The Bertz CT molecular complexity index is 595. The minimum atomic E-state index is -0.312. The predicted octanol–water partition coefficient (Wildman–Crippen LogP) is 3.42. The predicted molar refractivity (Wildman–Crippen MR) is 77.4 cm³/mol. The van der Waals surface area contributed by atoms with Gasteiger partial charge in [-0.2, -0.15) is 0 Å². The van der Waals surface area contributed by atoms with E-state index in [-0.39, 0.29) is 5.82 Å². The molecule has 0 saturated heterocycles. The Labute approximate surface area is 121 Å². The lowest BCUT2D eigenvalue weighted by atomic mass is 10.2. The van der Waals surface area contributed by atoms with Gasteiger partial charge >= 0.3 is 0 Å². The molecule has 0 atom stereocenters. The fourth-order valence-electron chi connectivity index (χ4n) is 2.00. The first kappa shape index (κ1) is 13.5. The molecule has 3 nitrogen and oxygen atoms in total. The molecule has 1 aliphatic rings. The molecule has 1 saturated carbocycles. The van der Waals surface area contributed by atoms with Gasteiger partial charge in [-0.1, -0.05) is 12.1 Å². The summed E-state index contributed by atoms with van der Waals surface area (Å²) in [5.41, 5.74) is 1.84. The molecule has 3 rings (SSSR count). The van der Waals surface area contributed by atoms with Gasteiger partial charge < -0.3 is 10.1 Å². The van der Waals surface area contributed by atoms with Crippen LogP contribution in [-0.4, -0.2) is 11.0 Å².